The van der Waals surface area contributed by atoms with Crippen molar-refractivity contribution in [1.82, 2.24) is 20.0 Å². The lowest BCUT2D eigenvalue weighted by molar-refractivity contribution is -0.00803. The van der Waals surface area contributed by atoms with Crippen LogP contribution < -0.4 is 10.5 Å². The molecule has 11 heteroatoms. The van der Waals surface area contributed by atoms with E-state index in [4.69, 9.17) is 14.9 Å². The number of rotatable bonds is 6. The Labute approximate surface area is 194 Å². The maximum atomic E-state index is 11.4. The maximum absolute atomic E-state index is 11.4. The number of benzene rings is 1. The zero-order valence-corrected chi connectivity index (χ0v) is 20.3. The van der Waals surface area contributed by atoms with E-state index in [2.05, 4.69) is 15.3 Å². The highest BCUT2D eigenvalue weighted by atomic mass is 127. The third kappa shape index (κ3) is 6.65. The number of hydrogen-bond acceptors (Lipinski definition) is 5. The molecule has 30 heavy (non-hydrogen) atoms. The van der Waals surface area contributed by atoms with Gasteiger partial charge in [0.25, 0.3) is 0 Å². The highest BCUT2D eigenvalue weighted by Gasteiger charge is 2.25. The van der Waals surface area contributed by atoms with Crippen molar-refractivity contribution >= 4 is 40.0 Å². The number of primary sulfonamides is 1. The largest absolute Gasteiger partial charge is 0.370 e. The van der Waals surface area contributed by atoms with Crippen molar-refractivity contribution in [2.45, 2.75) is 24.3 Å². The Morgan fingerprint density at radius 2 is 2.10 bits per heavy atom. The molecule has 1 saturated heterocycles. The second kappa shape index (κ2) is 11.1. The van der Waals surface area contributed by atoms with E-state index in [-0.39, 0.29) is 35.0 Å². The van der Waals surface area contributed by atoms with E-state index in [0.717, 1.165) is 30.2 Å². The van der Waals surface area contributed by atoms with Crippen LogP contribution in [0.1, 0.15) is 24.2 Å². The summed E-state index contributed by atoms with van der Waals surface area (Å²) in [5.74, 6) is 0.853. The first kappa shape index (κ1) is 24.6. The van der Waals surface area contributed by atoms with Crippen LogP contribution in [0.2, 0.25) is 0 Å². The van der Waals surface area contributed by atoms with E-state index < -0.39 is 10.0 Å². The third-order valence-corrected chi connectivity index (χ3v) is 5.64. The Balaban J connectivity index is 0.00000320. The van der Waals surface area contributed by atoms with E-state index in [1.807, 2.05) is 26.4 Å². The van der Waals surface area contributed by atoms with Crippen molar-refractivity contribution in [2.75, 3.05) is 32.8 Å². The van der Waals surface area contributed by atoms with Crippen LogP contribution in [0.4, 0.5) is 0 Å². The number of guanidine groups is 1. The Morgan fingerprint density at radius 1 is 1.37 bits per heavy atom. The molecule has 2 heterocycles. The number of aromatic nitrogens is 2. The number of nitrogens with zero attached hydrogens (tertiary/aromatic N) is 4. The van der Waals surface area contributed by atoms with E-state index in [0.29, 0.717) is 26.1 Å². The summed E-state index contributed by atoms with van der Waals surface area (Å²) >= 11 is 0. The van der Waals surface area contributed by atoms with Crippen LogP contribution in [-0.4, -0.2) is 61.8 Å². The van der Waals surface area contributed by atoms with Gasteiger partial charge in [0.2, 0.25) is 10.0 Å². The second-order valence-corrected chi connectivity index (χ2v) is 8.49. The van der Waals surface area contributed by atoms with Gasteiger partial charge in [-0.15, -0.1) is 24.0 Å². The van der Waals surface area contributed by atoms with Gasteiger partial charge in [0.1, 0.15) is 6.10 Å². The molecule has 1 atom stereocenters. The molecular weight excluding hydrogens is 519 g/mol. The average molecular weight is 548 g/mol. The van der Waals surface area contributed by atoms with Gasteiger partial charge in [0.15, 0.2) is 5.96 Å². The molecule has 2 aromatic rings. The number of aliphatic imine (C=N–C) groups is 1. The SMILES string of the molecule is CCNC(=NCCc1ccc(S(N)(=O)=O)cc1)N1CCOC(c2cnn(C)c2)C1.I. The number of nitrogens with one attached hydrogen (secondary N) is 1. The Hall–Kier alpha value is -1.70. The molecule has 1 aromatic carbocycles. The summed E-state index contributed by atoms with van der Waals surface area (Å²) in [5, 5.41) is 12.7. The predicted molar refractivity (Wildman–Crippen MR) is 126 cm³/mol. The molecule has 0 bridgehead atoms. The monoisotopic (exact) mass is 548 g/mol. The van der Waals surface area contributed by atoms with Crippen LogP contribution in [0.5, 0.6) is 0 Å². The molecule has 1 aromatic heterocycles. The molecule has 166 valence electrons. The lowest BCUT2D eigenvalue weighted by Crippen LogP contribution is -2.48. The molecule has 1 aliphatic rings. The van der Waals surface area contributed by atoms with Crippen molar-refractivity contribution in [1.29, 1.82) is 0 Å². The number of morpholine rings is 1. The third-order valence-electron chi connectivity index (χ3n) is 4.71. The zero-order chi connectivity index (χ0) is 20.9. The van der Waals surface area contributed by atoms with Crippen LogP contribution in [-0.2, 0) is 28.2 Å². The van der Waals surface area contributed by atoms with Crippen LogP contribution >= 0.6 is 24.0 Å². The normalized spacial score (nSPS) is 17.5. The maximum Gasteiger partial charge on any atom is 0.238 e. The first-order valence-electron chi connectivity index (χ1n) is 9.62. The molecule has 3 N–H and O–H groups in total. The fourth-order valence-corrected chi connectivity index (χ4v) is 3.73. The molecule has 0 amide bonds. The van der Waals surface area contributed by atoms with Crippen molar-refractivity contribution in [3.63, 3.8) is 0 Å². The molecular formula is C19H29IN6O3S. The first-order chi connectivity index (χ1) is 13.9. The summed E-state index contributed by atoms with van der Waals surface area (Å²) in [7, 11) is -1.77. The minimum absolute atomic E-state index is 0. The number of sulfonamides is 1. The number of hydrogen-bond donors (Lipinski definition) is 2. The summed E-state index contributed by atoms with van der Waals surface area (Å²) in [6.45, 7) is 5.51. The lowest BCUT2D eigenvalue weighted by Gasteiger charge is -2.34. The molecule has 0 saturated carbocycles. The van der Waals surface area contributed by atoms with Gasteiger partial charge >= 0.3 is 0 Å². The van der Waals surface area contributed by atoms with E-state index >= 15 is 0 Å². The Bertz CT molecular complexity index is 945. The highest BCUT2D eigenvalue weighted by molar-refractivity contribution is 14.0. The highest BCUT2D eigenvalue weighted by Crippen LogP contribution is 2.21. The van der Waals surface area contributed by atoms with E-state index in [1.54, 1.807) is 16.8 Å². The van der Waals surface area contributed by atoms with Gasteiger partial charge in [0, 0.05) is 38.4 Å². The van der Waals surface area contributed by atoms with Crippen molar-refractivity contribution < 1.29 is 13.2 Å². The average Bonchev–Trinajstić information content (AvgIpc) is 3.13. The summed E-state index contributed by atoms with van der Waals surface area (Å²) < 4.78 is 30.4. The minimum Gasteiger partial charge on any atom is -0.370 e. The Kier molecular flexibility index (Phi) is 9.07. The van der Waals surface area contributed by atoms with E-state index in [9.17, 15) is 8.42 Å². The van der Waals surface area contributed by atoms with Gasteiger partial charge in [-0.05, 0) is 31.0 Å². The number of nitrogens with two attached hydrogens (primary N) is 1. The summed E-state index contributed by atoms with van der Waals surface area (Å²) in [6.07, 6.45) is 4.48. The number of aryl methyl sites for hydroxylation is 1. The standard InChI is InChI=1S/C19H28N6O3S.HI/c1-3-21-19(22-9-8-15-4-6-17(7-5-15)29(20,26)27)25-10-11-28-18(14-25)16-12-23-24(2)13-16;/h4-7,12-13,18H,3,8-11,14H2,1-2H3,(H,21,22)(H2,20,26,27);1H. The second-order valence-electron chi connectivity index (χ2n) is 6.93. The van der Waals surface area contributed by atoms with Crippen LogP contribution in [0, 0.1) is 0 Å². The van der Waals surface area contributed by atoms with E-state index in [1.165, 1.54) is 12.1 Å². The predicted octanol–water partition coefficient (Wildman–Crippen LogP) is 1.27. The molecule has 1 unspecified atom stereocenters. The van der Waals surface area contributed by atoms with Crippen LogP contribution in [0.3, 0.4) is 0 Å². The number of ether oxygens (including phenoxy) is 1. The molecule has 3 rings (SSSR count). The van der Waals surface area contributed by atoms with Gasteiger partial charge in [-0.3, -0.25) is 9.67 Å². The molecule has 1 aliphatic heterocycles. The molecule has 0 aliphatic carbocycles. The smallest absolute Gasteiger partial charge is 0.238 e. The van der Waals surface area contributed by atoms with Gasteiger partial charge in [-0.25, -0.2) is 13.6 Å². The van der Waals surface area contributed by atoms with Crippen molar-refractivity contribution in [2.24, 2.45) is 17.2 Å². The fraction of sp³-hybridized carbons (Fsp3) is 0.474. The minimum atomic E-state index is -3.66. The fourth-order valence-electron chi connectivity index (χ4n) is 3.21. The zero-order valence-electron chi connectivity index (χ0n) is 17.2. The molecule has 9 nitrogen and oxygen atoms in total. The van der Waals surface area contributed by atoms with Gasteiger partial charge in [-0.1, -0.05) is 12.1 Å². The summed E-state index contributed by atoms with van der Waals surface area (Å²) in [5.41, 5.74) is 2.07. The van der Waals surface area contributed by atoms with Crippen LogP contribution in [0.25, 0.3) is 0 Å². The molecule has 0 spiro atoms. The number of halogens is 1. The molecule has 0 radical (unpaired) electrons. The molecule has 1 fully saturated rings. The van der Waals surface area contributed by atoms with Crippen molar-refractivity contribution in [3.05, 3.63) is 47.8 Å². The quantitative estimate of drug-likeness (QED) is 0.319. The first-order valence-corrected chi connectivity index (χ1v) is 11.2. The Morgan fingerprint density at radius 3 is 2.70 bits per heavy atom. The van der Waals surface area contributed by atoms with Gasteiger partial charge in [0.05, 0.1) is 24.2 Å². The van der Waals surface area contributed by atoms with Crippen LogP contribution in [0.15, 0.2) is 46.5 Å². The summed E-state index contributed by atoms with van der Waals surface area (Å²) in [6, 6.07) is 6.60. The van der Waals surface area contributed by atoms with Gasteiger partial charge in [-0.2, -0.15) is 5.10 Å². The summed E-state index contributed by atoms with van der Waals surface area (Å²) in [4.78, 5) is 7.07. The van der Waals surface area contributed by atoms with Crippen molar-refractivity contribution in [3.8, 4) is 0 Å². The topological polar surface area (TPSA) is 115 Å². The van der Waals surface area contributed by atoms with Gasteiger partial charge < -0.3 is 15.0 Å². The lowest BCUT2D eigenvalue weighted by atomic mass is 10.1.